The largest absolute Gasteiger partial charge is 0.294 e. The minimum Gasteiger partial charge on any atom is -0.294 e. The van der Waals surface area contributed by atoms with Crippen LogP contribution in [0, 0.1) is 13.8 Å². The van der Waals surface area contributed by atoms with Gasteiger partial charge in [0.2, 0.25) is 0 Å². The molecule has 0 bridgehead atoms. The first-order valence-electron chi connectivity index (χ1n) is 6.43. The summed E-state index contributed by atoms with van der Waals surface area (Å²) in [5.41, 5.74) is 0.927. The van der Waals surface area contributed by atoms with Crippen LogP contribution in [0.3, 0.4) is 0 Å². The molecule has 1 aromatic rings. The van der Waals surface area contributed by atoms with Gasteiger partial charge in [0, 0.05) is 38.9 Å². The monoisotopic (exact) mass is 283 g/mol. The molecule has 1 aliphatic heterocycles. The number of ketones is 1. The van der Waals surface area contributed by atoms with Crippen molar-refractivity contribution in [1.82, 2.24) is 4.90 Å². The highest BCUT2D eigenvalue weighted by Crippen LogP contribution is 2.26. The van der Waals surface area contributed by atoms with Gasteiger partial charge in [0.25, 0.3) is 0 Å². The van der Waals surface area contributed by atoms with Crippen molar-refractivity contribution in [2.75, 3.05) is 19.6 Å². The Morgan fingerprint density at radius 3 is 2.44 bits per heavy atom. The van der Waals surface area contributed by atoms with Gasteiger partial charge in [-0.3, -0.25) is 9.69 Å². The van der Waals surface area contributed by atoms with Crippen molar-refractivity contribution in [2.24, 2.45) is 0 Å². The fourth-order valence-electron chi connectivity index (χ4n) is 2.61. The highest BCUT2D eigenvalue weighted by atomic mass is 32.2. The van der Waals surface area contributed by atoms with Crippen molar-refractivity contribution in [3.63, 3.8) is 0 Å². The van der Waals surface area contributed by atoms with E-state index in [4.69, 9.17) is 0 Å². The summed E-state index contributed by atoms with van der Waals surface area (Å²) < 4.78 is 0. The molecule has 0 spiro atoms. The number of carbonyl (C=O) groups is 1. The maximum atomic E-state index is 12.3. The molecule has 4 heteroatoms. The van der Waals surface area contributed by atoms with E-state index >= 15 is 0 Å². The molecule has 2 rings (SSSR count). The first kappa shape index (κ1) is 14.1. The molecule has 0 aromatic carbocycles. The van der Waals surface area contributed by atoms with Crippen LogP contribution in [-0.2, 0) is 0 Å². The predicted molar refractivity (Wildman–Crippen MR) is 81.1 cm³/mol. The Morgan fingerprint density at radius 1 is 1.33 bits per heavy atom. The van der Waals surface area contributed by atoms with Crippen LogP contribution in [0.5, 0.6) is 0 Å². The van der Waals surface area contributed by atoms with Crippen molar-refractivity contribution in [1.29, 1.82) is 0 Å². The van der Waals surface area contributed by atoms with E-state index in [0.717, 1.165) is 23.5 Å². The quantitative estimate of drug-likeness (QED) is 0.793. The fourth-order valence-corrected chi connectivity index (χ4v) is 4.94. The second-order valence-corrected chi connectivity index (χ2v) is 8.54. The minimum absolute atomic E-state index is 0.281. The van der Waals surface area contributed by atoms with E-state index in [9.17, 15) is 4.79 Å². The van der Waals surface area contributed by atoms with Crippen LogP contribution < -0.4 is 0 Å². The lowest BCUT2D eigenvalue weighted by Gasteiger charge is -2.34. The summed E-state index contributed by atoms with van der Waals surface area (Å²) in [6, 6.07) is 2.04. The summed E-state index contributed by atoms with van der Waals surface area (Å²) in [4.78, 5) is 17.0. The summed E-state index contributed by atoms with van der Waals surface area (Å²) in [5.74, 6) is 0.281. The van der Waals surface area contributed by atoms with Crippen LogP contribution in [0.15, 0.2) is 6.07 Å². The van der Waals surface area contributed by atoms with Crippen molar-refractivity contribution < 1.29 is 4.79 Å². The number of Topliss-reactive ketones (excluding diaryl/α,β-unsaturated/α-hetero) is 1. The number of carbonyl (C=O) groups excluding carboxylic acids is 1. The topological polar surface area (TPSA) is 20.3 Å². The zero-order chi connectivity index (χ0) is 13.3. The maximum absolute atomic E-state index is 12.3. The zero-order valence-corrected chi connectivity index (χ0v) is 13.2. The van der Waals surface area contributed by atoms with Gasteiger partial charge in [-0.2, -0.15) is 11.8 Å². The Hall–Kier alpha value is -0.320. The van der Waals surface area contributed by atoms with Gasteiger partial charge >= 0.3 is 0 Å². The van der Waals surface area contributed by atoms with Crippen molar-refractivity contribution in [2.45, 2.75) is 38.2 Å². The van der Waals surface area contributed by atoms with Crippen LogP contribution in [0.1, 0.15) is 34.0 Å². The Labute approximate surface area is 118 Å². The standard InChI is InChI=1S/C14H21NOS2/c1-9-5-13(12(4)18-9)14(16)8-15-6-10(2)17-11(3)7-15/h5,10-11H,6-8H2,1-4H3. The highest BCUT2D eigenvalue weighted by molar-refractivity contribution is 8.00. The van der Waals surface area contributed by atoms with Gasteiger partial charge in [0.15, 0.2) is 5.78 Å². The Kier molecular flexibility index (Phi) is 4.51. The van der Waals surface area contributed by atoms with Gasteiger partial charge in [-0.1, -0.05) is 13.8 Å². The van der Waals surface area contributed by atoms with E-state index in [1.807, 2.05) is 24.8 Å². The van der Waals surface area contributed by atoms with Gasteiger partial charge < -0.3 is 0 Å². The Bertz CT molecular complexity index is 431. The average molecular weight is 283 g/mol. The third-order valence-electron chi connectivity index (χ3n) is 3.20. The van der Waals surface area contributed by atoms with Gasteiger partial charge in [-0.25, -0.2) is 0 Å². The molecule has 1 saturated heterocycles. The molecule has 0 saturated carbocycles. The zero-order valence-electron chi connectivity index (χ0n) is 11.5. The molecule has 1 aromatic heterocycles. The van der Waals surface area contributed by atoms with E-state index in [2.05, 4.69) is 25.7 Å². The molecule has 0 aliphatic carbocycles. The third kappa shape index (κ3) is 3.37. The molecule has 100 valence electrons. The summed E-state index contributed by atoms with van der Waals surface area (Å²) >= 11 is 3.74. The van der Waals surface area contributed by atoms with E-state index < -0.39 is 0 Å². The van der Waals surface area contributed by atoms with Crippen LogP contribution in [0.25, 0.3) is 0 Å². The summed E-state index contributed by atoms with van der Waals surface area (Å²) in [7, 11) is 0. The smallest absolute Gasteiger partial charge is 0.177 e. The number of aryl methyl sites for hydroxylation is 2. The van der Waals surface area contributed by atoms with Crippen LogP contribution in [-0.4, -0.2) is 40.8 Å². The first-order valence-corrected chi connectivity index (χ1v) is 8.19. The Morgan fingerprint density at radius 2 is 1.94 bits per heavy atom. The third-order valence-corrected chi connectivity index (χ3v) is 5.40. The van der Waals surface area contributed by atoms with Gasteiger partial charge in [0.1, 0.15) is 0 Å². The lowest BCUT2D eigenvalue weighted by molar-refractivity contribution is 0.0929. The molecule has 1 aliphatic rings. The second-order valence-electron chi connectivity index (χ2n) is 5.20. The van der Waals surface area contributed by atoms with E-state index in [0.29, 0.717) is 17.0 Å². The molecule has 2 atom stereocenters. The predicted octanol–water partition coefficient (Wildman–Crippen LogP) is 3.37. The molecule has 2 unspecified atom stereocenters. The SMILES string of the molecule is Cc1cc(C(=O)CN2CC(C)SC(C)C2)c(C)s1. The van der Waals surface area contributed by atoms with Crippen molar-refractivity contribution in [3.8, 4) is 0 Å². The van der Waals surface area contributed by atoms with Crippen molar-refractivity contribution in [3.05, 3.63) is 21.4 Å². The lowest BCUT2D eigenvalue weighted by Crippen LogP contribution is -2.43. The maximum Gasteiger partial charge on any atom is 0.177 e. The van der Waals surface area contributed by atoms with Crippen LogP contribution in [0.2, 0.25) is 0 Å². The molecule has 0 amide bonds. The molecule has 2 nitrogen and oxygen atoms in total. The number of thioether (sulfide) groups is 1. The number of rotatable bonds is 3. The molecule has 0 N–H and O–H groups in total. The number of thiophene rings is 1. The van der Waals surface area contributed by atoms with Crippen LogP contribution in [0.4, 0.5) is 0 Å². The molecular weight excluding hydrogens is 262 g/mol. The van der Waals surface area contributed by atoms with E-state index in [-0.39, 0.29) is 5.78 Å². The number of hydrogen-bond acceptors (Lipinski definition) is 4. The van der Waals surface area contributed by atoms with Gasteiger partial charge in [-0.05, 0) is 19.9 Å². The molecule has 1 fully saturated rings. The van der Waals surface area contributed by atoms with E-state index in [1.54, 1.807) is 11.3 Å². The van der Waals surface area contributed by atoms with Crippen molar-refractivity contribution >= 4 is 28.9 Å². The lowest BCUT2D eigenvalue weighted by atomic mass is 10.1. The van der Waals surface area contributed by atoms with Crippen LogP contribution >= 0.6 is 23.1 Å². The fraction of sp³-hybridized carbons (Fsp3) is 0.643. The second kappa shape index (κ2) is 5.76. The normalized spacial score (nSPS) is 25.3. The number of nitrogens with zero attached hydrogens (tertiary/aromatic N) is 1. The average Bonchev–Trinajstić information content (AvgIpc) is 2.56. The summed E-state index contributed by atoms with van der Waals surface area (Å²) in [6.07, 6.45) is 0. The first-order chi connectivity index (χ1) is 8.45. The molecule has 18 heavy (non-hydrogen) atoms. The molecule has 0 radical (unpaired) electrons. The summed E-state index contributed by atoms with van der Waals surface area (Å²) in [6.45, 7) is 11.2. The van der Waals surface area contributed by atoms with E-state index in [1.165, 1.54) is 4.88 Å². The molecule has 2 heterocycles. The summed E-state index contributed by atoms with van der Waals surface area (Å²) in [5, 5.41) is 1.26. The minimum atomic E-state index is 0.281. The molecular formula is C14H21NOS2. The number of hydrogen-bond donors (Lipinski definition) is 0. The van der Waals surface area contributed by atoms with Gasteiger partial charge in [-0.15, -0.1) is 11.3 Å². The Balaban J connectivity index is 2.01. The highest BCUT2D eigenvalue weighted by Gasteiger charge is 2.24. The van der Waals surface area contributed by atoms with Gasteiger partial charge in [0.05, 0.1) is 6.54 Å².